The van der Waals surface area contributed by atoms with Crippen molar-refractivity contribution in [2.75, 3.05) is 26.4 Å². The summed E-state index contributed by atoms with van der Waals surface area (Å²) in [5.41, 5.74) is 0. The van der Waals surface area contributed by atoms with E-state index in [1.54, 1.807) is 0 Å². The second-order valence-electron chi connectivity index (χ2n) is 4.20. The minimum absolute atomic E-state index is 0.133. The van der Waals surface area contributed by atoms with Crippen molar-refractivity contribution in [3.63, 3.8) is 0 Å². The highest BCUT2D eigenvalue weighted by Crippen LogP contribution is 2.06. The van der Waals surface area contributed by atoms with E-state index in [9.17, 15) is 4.79 Å². The first-order valence-corrected chi connectivity index (χ1v) is 5.99. The van der Waals surface area contributed by atoms with E-state index in [1.807, 2.05) is 0 Å². The number of carbonyl (C=O) groups is 1. The molecule has 2 atom stereocenters. The molecule has 3 N–H and O–H groups in total. The summed E-state index contributed by atoms with van der Waals surface area (Å²) in [6, 6.07) is 0.0183. The number of ether oxygens (including phenoxy) is 1. The van der Waals surface area contributed by atoms with Gasteiger partial charge in [-0.15, -0.1) is 0 Å². The van der Waals surface area contributed by atoms with Crippen molar-refractivity contribution in [3.05, 3.63) is 0 Å². The van der Waals surface area contributed by atoms with Crippen molar-refractivity contribution in [2.45, 2.75) is 32.2 Å². The molecule has 0 radical (unpaired) electrons. The van der Waals surface area contributed by atoms with Crippen molar-refractivity contribution in [1.29, 1.82) is 0 Å². The molecule has 0 aromatic carbocycles. The van der Waals surface area contributed by atoms with Gasteiger partial charge in [0.25, 0.3) is 0 Å². The summed E-state index contributed by atoms with van der Waals surface area (Å²) in [4.78, 5) is 11.5. The second-order valence-corrected chi connectivity index (χ2v) is 4.20. The van der Waals surface area contributed by atoms with Gasteiger partial charge < -0.3 is 20.5 Å². The van der Waals surface area contributed by atoms with Crippen LogP contribution in [0.5, 0.6) is 0 Å². The van der Waals surface area contributed by atoms with Gasteiger partial charge >= 0.3 is 6.03 Å². The molecule has 5 nitrogen and oxygen atoms in total. The topological polar surface area (TPSA) is 70.6 Å². The van der Waals surface area contributed by atoms with Gasteiger partial charge in [-0.1, -0.05) is 13.3 Å². The third kappa shape index (κ3) is 4.81. The van der Waals surface area contributed by atoms with Gasteiger partial charge in [0.1, 0.15) is 0 Å². The van der Waals surface area contributed by atoms with Crippen LogP contribution < -0.4 is 10.6 Å². The Balaban J connectivity index is 2.12. The van der Waals surface area contributed by atoms with Crippen LogP contribution in [0.3, 0.4) is 0 Å². The van der Waals surface area contributed by atoms with Crippen LogP contribution in [-0.4, -0.2) is 43.5 Å². The van der Waals surface area contributed by atoms with E-state index in [1.165, 1.54) is 0 Å². The Morgan fingerprint density at radius 3 is 3.00 bits per heavy atom. The lowest BCUT2D eigenvalue weighted by molar-refractivity contribution is 0.188. The standard InChI is InChI=1S/C11H22N2O3/c1-2-9(3-5-14)7-12-11(15)13-10-4-6-16-8-10/h9-10,14H,2-8H2,1H3,(H2,12,13,15). The first-order chi connectivity index (χ1) is 7.76. The van der Waals surface area contributed by atoms with Gasteiger partial charge in [-0.05, 0) is 18.8 Å². The Kier molecular flexibility index (Phi) is 6.18. The van der Waals surface area contributed by atoms with E-state index in [4.69, 9.17) is 9.84 Å². The van der Waals surface area contributed by atoms with Gasteiger partial charge in [0.05, 0.1) is 12.6 Å². The van der Waals surface area contributed by atoms with Gasteiger partial charge in [0.15, 0.2) is 0 Å². The molecule has 1 rings (SSSR count). The lowest BCUT2D eigenvalue weighted by Crippen LogP contribution is -2.43. The predicted octanol–water partition coefficient (Wildman–Crippen LogP) is 0.483. The zero-order valence-electron chi connectivity index (χ0n) is 9.87. The number of aliphatic hydroxyl groups is 1. The molecule has 1 fully saturated rings. The summed E-state index contributed by atoms with van der Waals surface area (Å²) in [5.74, 6) is 0.357. The monoisotopic (exact) mass is 230 g/mol. The molecule has 16 heavy (non-hydrogen) atoms. The van der Waals surface area contributed by atoms with Crippen LogP contribution in [0.4, 0.5) is 4.79 Å². The molecule has 0 aromatic rings. The number of urea groups is 1. The second kappa shape index (κ2) is 7.46. The van der Waals surface area contributed by atoms with E-state index in [0.29, 0.717) is 19.1 Å². The summed E-state index contributed by atoms with van der Waals surface area (Å²) in [7, 11) is 0. The molecular formula is C11H22N2O3. The van der Waals surface area contributed by atoms with Crippen LogP contribution in [0, 0.1) is 5.92 Å². The van der Waals surface area contributed by atoms with Gasteiger partial charge in [-0.3, -0.25) is 0 Å². The smallest absolute Gasteiger partial charge is 0.315 e. The molecule has 0 aromatic heterocycles. The highest BCUT2D eigenvalue weighted by Gasteiger charge is 2.17. The first-order valence-electron chi connectivity index (χ1n) is 5.99. The number of hydrogen-bond acceptors (Lipinski definition) is 3. The minimum atomic E-state index is -0.133. The lowest BCUT2D eigenvalue weighted by Gasteiger charge is -2.16. The molecule has 1 aliphatic rings. The molecule has 0 saturated carbocycles. The van der Waals surface area contributed by atoms with Crippen LogP contribution >= 0.6 is 0 Å². The highest BCUT2D eigenvalue weighted by atomic mass is 16.5. The van der Waals surface area contributed by atoms with Crippen molar-refractivity contribution in [3.8, 4) is 0 Å². The normalized spacial score (nSPS) is 21.8. The average Bonchev–Trinajstić information content (AvgIpc) is 2.76. The summed E-state index contributed by atoms with van der Waals surface area (Å²) < 4.78 is 5.17. The summed E-state index contributed by atoms with van der Waals surface area (Å²) in [5, 5.41) is 14.5. The predicted molar refractivity (Wildman–Crippen MR) is 61.2 cm³/mol. The summed E-state index contributed by atoms with van der Waals surface area (Å²) in [6.07, 6.45) is 2.60. The van der Waals surface area contributed by atoms with Crippen LogP contribution in [0.2, 0.25) is 0 Å². The summed E-state index contributed by atoms with van der Waals surface area (Å²) in [6.45, 7) is 4.20. The van der Waals surface area contributed by atoms with Crippen molar-refractivity contribution in [2.24, 2.45) is 5.92 Å². The number of hydrogen-bond donors (Lipinski definition) is 3. The van der Waals surface area contributed by atoms with Gasteiger partial charge in [-0.25, -0.2) is 4.79 Å². The Hall–Kier alpha value is -0.810. The fraction of sp³-hybridized carbons (Fsp3) is 0.909. The maximum Gasteiger partial charge on any atom is 0.315 e. The Morgan fingerprint density at radius 2 is 2.44 bits per heavy atom. The van der Waals surface area contributed by atoms with Gasteiger partial charge in [0, 0.05) is 19.8 Å². The molecule has 94 valence electrons. The minimum Gasteiger partial charge on any atom is -0.396 e. The molecule has 1 heterocycles. The van der Waals surface area contributed by atoms with Crippen LogP contribution in [0.15, 0.2) is 0 Å². The molecule has 5 heteroatoms. The van der Waals surface area contributed by atoms with Crippen LogP contribution in [-0.2, 0) is 4.74 Å². The number of amides is 2. The van der Waals surface area contributed by atoms with E-state index >= 15 is 0 Å². The highest BCUT2D eigenvalue weighted by molar-refractivity contribution is 5.74. The zero-order valence-corrected chi connectivity index (χ0v) is 9.87. The average molecular weight is 230 g/mol. The third-order valence-corrected chi connectivity index (χ3v) is 2.93. The Morgan fingerprint density at radius 1 is 1.62 bits per heavy atom. The zero-order chi connectivity index (χ0) is 11.8. The van der Waals surface area contributed by atoms with Crippen LogP contribution in [0.1, 0.15) is 26.2 Å². The van der Waals surface area contributed by atoms with Crippen molar-refractivity contribution >= 4 is 6.03 Å². The molecular weight excluding hydrogens is 208 g/mol. The van der Waals surface area contributed by atoms with E-state index < -0.39 is 0 Å². The van der Waals surface area contributed by atoms with E-state index in [-0.39, 0.29) is 18.7 Å². The Bertz CT molecular complexity index is 205. The molecule has 2 amide bonds. The third-order valence-electron chi connectivity index (χ3n) is 2.93. The lowest BCUT2D eigenvalue weighted by atomic mass is 10.0. The number of nitrogens with one attached hydrogen (secondary N) is 2. The molecule has 1 saturated heterocycles. The molecule has 0 spiro atoms. The molecule has 0 bridgehead atoms. The van der Waals surface area contributed by atoms with Crippen molar-refractivity contribution < 1.29 is 14.6 Å². The number of rotatable bonds is 6. The maximum absolute atomic E-state index is 11.5. The quantitative estimate of drug-likeness (QED) is 0.621. The van der Waals surface area contributed by atoms with E-state index in [2.05, 4.69) is 17.6 Å². The SMILES string of the molecule is CCC(CCO)CNC(=O)NC1CCOC1. The molecule has 0 aliphatic carbocycles. The fourth-order valence-corrected chi connectivity index (χ4v) is 1.75. The molecule has 1 aliphatic heterocycles. The van der Waals surface area contributed by atoms with Gasteiger partial charge in [-0.2, -0.15) is 0 Å². The van der Waals surface area contributed by atoms with Gasteiger partial charge in [0.2, 0.25) is 0 Å². The largest absolute Gasteiger partial charge is 0.396 e. The van der Waals surface area contributed by atoms with E-state index in [0.717, 1.165) is 25.9 Å². The van der Waals surface area contributed by atoms with Crippen LogP contribution in [0.25, 0.3) is 0 Å². The van der Waals surface area contributed by atoms with Crippen molar-refractivity contribution in [1.82, 2.24) is 10.6 Å². The summed E-state index contributed by atoms with van der Waals surface area (Å²) >= 11 is 0. The Labute approximate surface area is 96.6 Å². The fourth-order valence-electron chi connectivity index (χ4n) is 1.75. The maximum atomic E-state index is 11.5. The first kappa shape index (κ1) is 13.3. The number of aliphatic hydroxyl groups excluding tert-OH is 1. The number of carbonyl (C=O) groups excluding carboxylic acids is 1. The molecule has 2 unspecified atom stereocenters.